The Balaban J connectivity index is 2.07. The summed E-state index contributed by atoms with van der Waals surface area (Å²) in [6.07, 6.45) is 3.70. The molecule has 17 heavy (non-hydrogen) atoms. The van der Waals surface area contributed by atoms with Gasteiger partial charge in [-0.25, -0.2) is 4.98 Å². The van der Waals surface area contributed by atoms with E-state index in [0.717, 1.165) is 35.8 Å². The Kier molecular flexibility index (Phi) is 4.34. The zero-order valence-corrected chi connectivity index (χ0v) is 11.1. The van der Waals surface area contributed by atoms with Gasteiger partial charge in [0.2, 0.25) is 0 Å². The molecule has 3 nitrogen and oxygen atoms in total. The minimum Gasteiger partial charge on any atom is -0.469 e. The molecule has 1 N–H and O–H groups in total. The van der Waals surface area contributed by atoms with E-state index < -0.39 is 0 Å². The predicted octanol–water partition coefficient (Wildman–Crippen LogP) is 3.33. The van der Waals surface area contributed by atoms with Crippen molar-refractivity contribution >= 4 is 11.3 Å². The van der Waals surface area contributed by atoms with E-state index in [2.05, 4.69) is 22.6 Å². The van der Waals surface area contributed by atoms with Gasteiger partial charge in [0.25, 0.3) is 0 Å². The molecule has 92 valence electrons. The average Bonchev–Trinajstić information content (AvgIpc) is 2.95. The molecule has 0 fully saturated rings. The van der Waals surface area contributed by atoms with Crippen LogP contribution in [0, 0.1) is 6.92 Å². The van der Waals surface area contributed by atoms with E-state index in [1.165, 1.54) is 0 Å². The summed E-state index contributed by atoms with van der Waals surface area (Å²) in [6, 6.07) is 4.20. The van der Waals surface area contributed by atoms with Crippen molar-refractivity contribution in [2.75, 3.05) is 6.54 Å². The molecule has 0 aliphatic rings. The minimum atomic E-state index is 0.256. The van der Waals surface area contributed by atoms with Crippen LogP contribution in [0.1, 0.15) is 35.8 Å². The van der Waals surface area contributed by atoms with E-state index in [-0.39, 0.29) is 6.04 Å². The zero-order chi connectivity index (χ0) is 12.1. The van der Waals surface area contributed by atoms with Crippen molar-refractivity contribution < 1.29 is 4.42 Å². The number of aryl methyl sites for hydroxylation is 1. The van der Waals surface area contributed by atoms with Crippen molar-refractivity contribution in [1.29, 1.82) is 0 Å². The number of thiazole rings is 1. The van der Waals surface area contributed by atoms with Gasteiger partial charge in [0.05, 0.1) is 23.0 Å². The number of nitrogens with one attached hydrogen (secondary N) is 1. The number of nitrogens with zero attached hydrogens (tertiary/aromatic N) is 1. The molecule has 2 rings (SSSR count). The number of rotatable bonds is 6. The first-order valence-corrected chi connectivity index (χ1v) is 6.85. The van der Waals surface area contributed by atoms with Crippen LogP contribution in [0.2, 0.25) is 0 Å². The van der Waals surface area contributed by atoms with Gasteiger partial charge in [-0.15, -0.1) is 11.3 Å². The fraction of sp³-hybridized carbons (Fsp3) is 0.462. The lowest BCUT2D eigenvalue weighted by atomic mass is 10.1. The molecule has 1 unspecified atom stereocenters. The Morgan fingerprint density at radius 1 is 1.53 bits per heavy atom. The third kappa shape index (κ3) is 3.41. The van der Waals surface area contributed by atoms with Crippen LogP contribution in [-0.2, 0) is 6.42 Å². The molecule has 2 heterocycles. The van der Waals surface area contributed by atoms with Crippen molar-refractivity contribution in [1.82, 2.24) is 10.3 Å². The lowest BCUT2D eigenvalue weighted by Gasteiger charge is -2.15. The summed E-state index contributed by atoms with van der Waals surface area (Å²) in [5.41, 5.74) is 1.12. The first-order chi connectivity index (χ1) is 8.29. The number of hydrogen-bond donors (Lipinski definition) is 1. The van der Waals surface area contributed by atoms with Gasteiger partial charge in [-0.3, -0.25) is 0 Å². The van der Waals surface area contributed by atoms with Crippen LogP contribution in [0.4, 0.5) is 0 Å². The molecule has 0 saturated heterocycles. The Hall–Kier alpha value is -1.13. The van der Waals surface area contributed by atoms with E-state index in [1.807, 2.05) is 19.1 Å². The lowest BCUT2D eigenvalue weighted by Crippen LogP contribution is -2.24. The first kappa shape index (κ1) is 12.3. The fourth-order valence-electron chi connectivity index (χ4n) is 1.77. The van der Waals surface area contributed by atoms with Crippen LogP contribution >= 0.6 is 11.3 Å². The molecule has 0 bridgehead atoms. The highest BCUT2D eigenvalue weighted by Crippen LogP contribution is 2.20. The normalized spacial score (nSPS) is 12.8. The topological polar surface area (TPSA) is 38.1 Å². The van der Waals surface area contributed by atoms with Crippen LogP contribution in [0.3, 0.4) is 0 Å². The molecule has 0 aliphatic heterocycles. The monoisotopic (exact) mass is 250 g/mol. The second-order valence-corrected chi connectivity index (χ2v) is 5.14. The van der Waals surface area contributed by atoms with Crippen molar-refractivity contribution in [2.45, 2.75) is 32.7 Å². The second kappa shape index (κ2) is 5.98. The fourth-order valence-corrected chi connectivity index (χ4v) is 2.44. The standard InChI is InChI=1S/C13H18N2OS/c1-3-6-14-12(8-11-5-4-7-16-11)13-9-17-10(2)15-13/h4-5,7,9,12,14H,3,6,8H2,1-2H3. The predicted molar refractivity (Wildman–Crippen MR) is 70.3 cm³/mol. The maximum atomic E-state index is 5.41. The highest BCUT2D eigenvalue weighted by molar-refractivity contribution is 7.09. The van der Waals surface area contributed by atoms with E-state index in [9.17, 15) is 0 Å². The smallest absolute Gasteiger partial charge is 0.105 e. The maximum Gasteiger partial charge on any atom is 0.105 e. The van der Waals surface area contributed by atoms with Crippen LogP contribution in [-0.4, -0.2) is 11.5 Å². The Morgan fingerprint density at radius 2 is 2.41 bits per heavy atom. The molecule has 0 radical (unpaired) electrons. The molecular weight excluding hydrogens is 232 g/mol. The summed E-state index contributed by atoms with van der Waals surface area (Å²) in [4.78, 5) is 4.56. The van der Waals surface area contributed by atoms with E-state index in [4.69, 9.17) is 4.42 Å². The van der Waals surface area contributed by atoms with Crippen molar-refractivity contribution in [3.05, 3.63) is 40.2 Å². The van der Waals surface area contributed by atoms with Gasteiger partial charge in [-0.05, 0) is 32.0 Å². The largest absolute Gasteiger partial charge is 0.469 e. The summed E-state index contributed by atoms with van der Waals surface area (Å²) in [7, 11) is 0. The summed E-state index contributed by atoms with van der Waals surface area (Å²) in [6.45, 7) is 5.21. The lowest BCUT2D eigenvalue weighted by molar-refractivity contribution is 0.444. The summed E-state index contributed by atoms with van der Waals surface area (Å²) in [5, 5.41) is 6.77. The van der Waals surface area contributed by atoms with Crippen molar-refractivity contribution in [3.63, 3.8) is 0 Å². The van der Waals surface area contributed by atoms with E-state index >= 15 is 0 Å². The van der Waals surface area contributed by atoms with Gasteiger partial charge in [-0.1, -0.05) is 6.92 Å². The minimum absolute atomic E-state index is 0.256. The quantitative estimate of drug-likeness (QED) is 0.854. The van der Waals surface area contributed by atoms with Gasteiger partial charge in [0.15, 0.2) is 0 Å². The molecule has 2 aromatic heterocycles. The van der Waals surface area contributed by atoms with Gasteiger partial charge in [0, 0.05) is 11.8 Å². The molecule has 0 aliphatic carbocycles. The molecule has 0 saturated carbocycles. The van der Waals surface area contributed by atoms with Crippen molar-refractivity contribution in [3.8, 4) is 0 Å². The third-order valence-corrected chi connectivity index (χ3v) is 3.41. The van der Waals surface area contributed by atoms with Gasteiger partial charge in [-0.2, -0.15) is 0 Å². The van der Waals surface area contributed by atoms with Gasteiger partial charge >= 0.3 is 0 Å². The molecule has 2 aromatic rings. The summed E-state index contributed by atoms with van der Waals surface area (Å²) >= 11 is 1.70. The maximum absolute atomic E-state index is 5.41. The number of furan rings is 1. The number of aromatic nitrogens is 1. The Labute approximate surface area is 106 Å². The molecule has 0 spiro atoms. The van der Waals surface area contributed by atoms with Gasteiger partial charge in [0.1, 0.15) is 5.76 Å². The first-order valence-electron chi connectivity index (χ1n) is 5.97. The van der Waals surface area contributed by atoms with Crippen LogP contribution < -0.4 is 5.32 Å². The van der Waals surface area contributed by atoms with Crippen LogP contribution in [0.15, 0.2) is 28.2 Å². The second-order valence-electron chi connectivity index (χ2n) is 4.08. The molecule has 0 aromatic carbocycles. The molecular formula is C13H18N2OS. The van der Waals surface area contributed by atoms with Crippen LogP contribution in [0.25, 0.3) is 0 Å². The SMILES string of the molecule is CCCNC(Cc1ccco1)c1csc(C)n1. The zero-order valence-electron chi connectivity index (χ0n) is 10.3. The average molecular weight is 250 g/mol. The highest BCUT2D eigenvalue weighted by atomic mass is 32.1. The highest BCUT2D eigenvalue weighted by Gasteiger charge is 2.15. The van der Waals surface area contributed by atoms with E-state index in [1.54, 1.807) is 17.6 Å². The summed E-state index contributed by atoms with van der Waals surface area (Å²) < 4.78 is 5.41. The Morgan fingerprint density at radius 3 is 3.00 bits per heavy atom. The third-order valence-electron chi connectivity index (χ3n) is 2.62. The Bertz CT molecular complexity index is 436. The van der Waals surface area contributed by atoms with Crippen molar-refractivity contribution in [2.24, 2.45) is 0 Å². The molecule has 4 heteroatoms. The van der Waals surface area contributed by atoms with Crippen LogP contribution in [0.5, 0.6) is 0 Å². The van der Waals surface area contributed by atoms with Gasteiger partial charge < -0.3 is 9.73 Å². The number of hydrogen-bond acceptors (Lipinski definition) is 4. The molecule has 1 atom stereocenters. The van der Waals surface area contributed by atoms with E-state index in [0.29, 0.717) is 0 Å². The molecule has 0 amide bonds. The summed E-state index contributed by atoms with van der Waals surface area (Å²) in [5.74, 6) is 1.00.